The standard InChI is InChI=1S/C21H28N2O4S/c1-4-17-11-12-20(19(15-17)21(24)27-3)22-28(25,26)14-8-13-23(2)16-18-9-6-5-7-10-18/h5-7,9-12,15,22H,4,8,13-14,16H2,1-3H3. The van der Waals surface area contributed by atoms with Crippen molar-refractivity contribution in [3.05, 3.63) is 65.2 Å². The van der Waals surface area contributed by atoms with E-state index in [0.717, 1.165) is 18.5 Å². The van der Waals surface area contributed by atoms with Crippen molar-refractivity contribution >= 4 is 21.7 Å². The van der Waals surface area contributed by atoms with E-state index in [1.165, 1.54) is 12.7 Å². The third kappa shape index (κ3) is 6.65. The van der Waals surface area contributed by atoms with Crippen molar-refractivity contribution in [1.29, 1.82) is 0 Å². The van der Waals surface area contributed by atoms with Crippen molar-refractivity contribution in [3.63, 3.8) is 0 Å². The Morgan fingerprint density at radius 1 is 1.11 bits per heavy atom. The van der Waals surface area contributed by atoms with E-state index in [1.54, 1.807) is 18.2 Å². The van der Waals surface area contributed by atoms with Gasteiger partial charge in [-0.3, -0.25) is 4.72 Å². The first-order valence-electron chi connectivity index (χ1n) is 9.29. The number of hydrogen-bond acceptors (Lipinski definition) is 5. The number of nitrogens with one attached hydrogen (secondary N) is 1. The predicted octanol–water partition coefficient (Wildman–Crippen LogP) is 3.30. The van der Waals surface area contributed by atoms with Crippen LogP contribution in [0.25, 0.3) is 0 Å². The second-order valence-electron chi connectivity index (χ2n) is 6.72. The van der Waals surface area contributed by atoms with Gasteiger partial charge in [0.15, 0.2) is 0 Å². The molecule has 7 heteroatoms. The maximum Gasteiger partial charge on any atom is 0.340 e. The van der Waals surface area contributed by atoms with Crippen molar-refractivity contribution in [2.75, 3.05) is 31.2 Å². The minimum absolute atomic E-state index is 0.0255. The van der Waals surface area contributed by atoms with Crippen LogP contribution in [0.15, 0.2) is 48.5 Å². The molecule has 0 heterocycles. The molecule has 1 N–H and O–H groups in total. The number of anilines is 1. The topological polar surface area (TPSA) is 75.7 Å². The molecule has 0 saturated heterocycles. The van der Waals surface area contributed by atoms with Gasteiger partial charge in [0.05, 0.1) is 24.1 Å². The summed E-state index contributed by atoms with van der Waals surface area (Å²) in [5.74, 6) is -0.585. The molecule has 28 heavy (non-hydrogen) atoms. The van der Waals surface area contributed by atoms with Gasteiger partial charge in [0.1, 0.15) is 0 Å². The number of methoxy groups -OCH3 is 1. The molecule has 152 valence electrons. The Morgan fingerprint density at radius 2 is 1.82 bits per heavy atom. The Morgan fingerprint density at radius 3 is 2.46 bits per heavy atom. The molecule has 0 aliphatic rings. The highest BCUT2D eigenvalue weighted by Gasteiger charge is 2.18. The summed E-state index contributed by atoms with van der Waals surface area (Å²) < 4.78 is 32.3. The zero-order valence-electron chi connectivity index (χ0n) is 16.6. The van der Waals surface area contributed by atoms with Crippen LogP contribution in [0.3, 0.4) is 0 Å². The maximum atomic E-state index is 12.5. The van der Waals surface area contributed by atoms with Crippen molar-refractivity contribution in [1.82, 2.24) is 4.90 Å². The molecule has 0 aliphatic heterocycles. The molecule has 0 aromatic heterocycles. The molecular formula is C21H28N2O4S. The third-order valence-electron chi connectivity index (χ3n) is 4.41. The van der Waals surface area contributed by atoms with Gasteiger partial charge in [-0.15, -0.1) is 0 Å². The minimum Gasteiger partial charge on any atom is -0.465 e. The molecule has 0 atom stereocenters. The zero-order chi connectivity index (χ0) is 20.6. The van der Waals surface area contributed by atoms with Crippen molar-refractivity contribution in [2.45, 2.75) is 26.3 Å². The van der Waals surface area contributed by atoms with Gasteiger partial charge in [0.2, 0.25) is 10.0 Å². The average molecular weight is 405 g/mol. The summed E-state index contributed by atoms with van der Waals surface area (Å²) in [4.78, 5) is 14.1. The average Bonchev–Trinajstić information content (AvgIpc) is 2.68. The molecule has 0 amide bonds. The first-order chi connectivity index (χ1) is 13.3. The van der Waals surface area contributed by atoms with Crippen LogP contribution in [0, 0.1) is 0 Å². The number of esters is 1. The number of benzene rings is 2. The Labute approximate surface area is 167 Å². The van der Waals surface area contributed by atoms with Crippen molar-refractivity contribution in [3.8, 4) is 0 Å². The molecule has 0 unspecified atom stereocenters. The predicted molar refractivity (Wildman–Crippen MR) is 112 cm³/mol. The lowest BCUT2D eigenvalue weighted by molar-refractivity contribution is 0.0602. The lowest BCUT2D eigenvalue weighted by Gasteiger charge is -2.17. The van der Waals surface area contributed by atoms with Crippen molar-refractivity contribution in [2.24, 2.45) is 0 Å². The minimum atomic E-state index is -3.57. The molecule has 0 spiro atoms. The van der Waals surface area contributed by atoms with Gasteiger partial charge in [-0.1, -0.05) is 43.3 Å². The smallest absolute Gasteiger partial charge is 0.340 e. The highest BCUT2D eigenvalue weighted by molar-refractivity contribution is 7.92. The summed E-state index contributed by atoms with van der Waals surface area (Å²) in [7, 11) is -0.328. The lowest BCUT2D eigenvalue weighted by atomic mass is 10.1. The number of ether oxygens (including phenoxy) is 1. The fraction of sp³-hybridized carbons (Fsp3) is 0.381. The van der Waals surface area contributed by atoms with E-state index in [4.69, 9.17) is 4.74 Å². The van der Waals surface area contributed by atoms with Crippen LogP contribution in [0.4, 0.5) is 5.69 Å². The van der Waals surface area contributed by atoms with E-state index in [9.17, 15) is 13.2 Å². The SMILES string of the molecule is CCc1ccc(NS(=O)(=O)CCCN(C)Cc2ccccc2)c(C(=O)OC)c1. The van der Waals surface area contributed by atoms with Gasteiger partial charge in [-0.2, -0.15) is 0 Å². The molecule has 0 bridgehead atoms. The summed E-state index contributed by atoms with van der Waals surface area (Å²) >= 11 is 0. The fourth-order valence-electron chi connectivity index (χ4n) is 2.90. The largest absolute Gasteiger partial charge is 0.465 e. The highest BCUT2D eigenvalue weighted by Crippen LogP contribution is 2.21. The molecule has 6 nitrogen and oxygen atoms in total. The number of rotatable bonds is 10. The fourth-order valence-corrected chi connectivity index (χ4v) is 4.02. The van der Waals surface area contributed by atoms with Gasteiger partial charge in [-0.25, -0.2) is 13.2 Å². The zero-order valence-corrected chi connectivity index (χ0v) is 17.5. The lowest BCUT2D eigenvalue weighted by Crippen LogP contribution is -2.24. The van der Waals surface area contributed by atoms with E-state index < -0.39 is 16.0 Å². The normalized spacial score (nSPS) is 11.4. The number of hydrogen-bond donors (Lipinski definition) is 1. The van der Waals surface area contributed by atoms with Gasteiger partial charge >= 0.3 is 5.97 Å². The first kappa shape index (κ1) is 21.9. The van der Waals surface area contributed by atoms with Crippen LogP contribution < -0.4 is 4.72 Å². The van der Waals surface area contributed by atoms with E-state index >= 15 is 0 Å². The van der Waals surface area contributed by atoms with Crippen LogP contribution in [-0.4, -0.2) is 45.7 Å². The van der Waals surface area contributed by atoms with Crippen LogP contribution in [-0.2, 0) is 27.7 Å². The van der Waals surface area contributed by atoms with E-state index in [0.29, 0.717) is 13.0 Å². The number of sulfonamides is 1. The number of carbonyl (C=O) groups excluding carboxylic acids is 1. The Hall–Kier alpha value is -2.38. The molecule has 0 saturated carbocycles. The Balaban J connectivity index is 1.95. The van der Waals surface area contributed by atoms with E-state index in [2.05, 4.69) is 9.62 Å². The number of carbonyl (C=O) groups is 1. The van der Waals surface area contributed by atoms with E-state index in [-0.39, 0.29) is 17.0 Å². The Bertz CT molecular complexity index is 883. The second kappa shape index (κ2) is 10.2. The van der Waals surface area contributed by atoms with Crippen molar-refractivity contribution < 1.29 is 17.9 Å². The molecular weight excluding hydrogens is 376 g/mol. The number of aryl methyl sites for hydroxylation is 1. The summed E-state index contributed by atoms with van der Waals surface area (Å²) in [6.45, 7) is 3.37. The maximum absolute atomic E-state index is 12.5. The van der Waals surface area contributed by atoms with Gasteiger partial charge in [0, 0.05) is 6.54 Å². The summed E-state index contributed by atoms with van der Waals surface area (Å²) in [5, 5.41) is 0. The number of nitrogens with zero attached hydrogens (tertiary/aromatic N) is 1. The highest BCUT2D eigenvalue weighted by atomic mass is 32.2. The summed E-state index contributed by atoms with van der Waals surface area (Å²) in [6.07, 6.45) is 1.23. The molecule has 2 rings (SSSR count). The summed E-state index contributed by atoms with van der Waals surface area (Å²) in [6, 6.07) is 15.1. The molecule has 0 fully saturated rings. The molecule has 2 aromatic carbocycles. The second-order valence-corrected chi connectivity index (χ2v) is 8.56. The molecule has 0 aliphatic carbocycles. The van der Waals surface area contributed by atoms with Crippen LogP contribution in [0.5, 0.6) is 0 Å². The quantitative estimate of drug-likeness (QED) is 0.615. The monoisotopic (exact) mass is 404 g/mol. The van der Waals surface area contributed by atoms with Gasteiger partial charge in [0.25, 0.3) is 0 Å². The molecule has 0 radical (unpaired) electrons. The Kier molecular flexibility index (Phi) is 8.02. The molecule has 2 aromatic rings. The van der Waals surface area contributed by atoms with E-state index in [1.807, 2.05) is 44.3 Å². The van der Waals surface area contributed by atoms with Crippen LogP contribution in [0.1, 0.15) is 34.8 Å². The van der Waals surface area contributed by atoms with Gasteiger partial charge in [-0.05, 0) is 49.7 Å². The summed E-state index contributed by atoms with van der Waals surface area (Å²) in [5.41, 5.74) is 2.60. The first-order valence-corrected chi connectivity index (χ1v) is 10.9. The third-order valence-corrected chi connectivity index (χ3v) is 5.77. The van der Waals surface area contributed by atoms with Gasteiger partial charge < -0.3 is 9.64 Å². The van der Waals surface area contributed by atoms with Crippen LogP contribution >= 0.6 is 0 Å². The van der Waals surface area contributed by atoms with Crippen LogP contribution in [0.2, 0.25) is 0 Å².